The van der Waals surface area contributed by atoms with E-state index in [0.717, 1.165) is 11.6 Å². The molecule has 1 heterocycles. The number of rotatable bonds is 3. The third-order valence-corrected chi connectivity index (χ3v) is 3.52. The van der Waals surface area contributed by atoms with Crippen molar-refractivity contribution in [2.45, 2.75) is 11.8 Å². The molecule has 1 aromatic carbocycles. The fourth-order valence-corrected chi connectivity index (χ4v) is 2.54. The van der Waals surface area contributed by atoms with Gasteiger partial charge in [0.2, 0.25) is 0 Å². The van der Waals surface area contributed by atoms with Crippen molar-refractivity contribution in [1.82, 2.24) is 0 Å². The summed E-state index contributed by atoms with van der Waals surface area (Å²) in [5.74, 6) is -3.88. The lowest BCUT2D eigenvalue weighted by Crippen LogP contribution is -2.02. The summed E-state index contributed by atoms with van der Waals surface area (Å²) in [5.41, 5.74) is 0.927. The summed E-state index contributed by atoms with van der Waals surface area (Å²) in [6, 6.07) is 3.92. The van der Waals surface area contributed by atoms with E-state index in [0.29, 0.717) is 6.42 Å². The summed E-state index contributed by atoms with van der Waals surface area (Å²) in [4.78, 5) is 0. The first-order valence-electron chi connectivity index (χ1n) is 4.88. The largest absolute Gasteiger partial charge is 0.204 e. The lowest BCUT2D eigenvalue weighted by molar-refractivity contribution is 0.440. The minimum Gasteiger partial charge on any atom is -0.204 e. The Balaban J connectivity index is 2.25. The Kier molecular flexibility index (Phi) is 3.74. The number of hydrogen-bond donors (Lipinski definition) is 0. The highest BCUT2D eigenvalue weighted by Crippen LogP contribution is 2.29. The molecule has 0 spiro atoms. The van der Waals surface area contributed by atoms with Crippen LogP contribution < -0.4 is 0 Å². The summed E-state index contributed by atoms with van der Waals surface area (Å²) in [5, 5.41) is 3.05. The molecule has 0 radical (unpaired) electrons. The van der Waals surface area contributed by atoms with Gasteiger partial charge in [-0.2, -0.15) is 11.3 Å². The van der Waals surface area contributed by atoms with Gasteiger partial charge in [0.25, 0.3) is 0 Å². The molecule has 2 aromatic rings. The first kappa shape index (κ1) is 12.5. The van der Waals surface area contributed by atoms with Crippen LogP contribution in [0.1, 0.15) is 16.5 Å². The molecule has 90 valence electrons. The van der Waals surface area contributed by atoms with E-state index in [-0.39, 0.29) is 5.56 Å². The van der Waals surface area contributed by atoms with Crippen LogP contribution in [0.4, 0.5) is 13.2 Å². The summed E-state index contributed by atoms with van der Waals surface area (Å²) in [6.45, 7) is 0. The molecular formula is C12H8ClF3S. The third kappa shape index (κ3) is 2.64. The van der Waals surface area contributed by atoms with Gasteiger partial charge in [-0.05, 0) is 34.9 Å². The van der Waals surface area contributed by atoms with Crippen LogP contribution in [0.3, 0.4) is 0 Å². The van der Waals surface area contributed by atoms with Gasteiger partial charge < -0.3 is 0 Å². The monoisotopic (exact) mass is 276 g/mol. The van der Waals surface area contributed by atoms with Crippen molar-refractivity contribution < 1.29 is 13.2 Å². The predicted octanol–water partition coefficient (Wildman–Crippen LogP) is 4.69. The normalized spacial score (nSPS) is 12.7. The van der Waals surface area contributed by atoms with Crippen molar-refractivity contribution in [2.75, 3.05) is 0 Å². The Labute approximate surface area is 106 Å². The second-order valence-corrected chi connectivity index (χ2v) is 4.87. The van der Waals surface area contributed by atoms with E-state index >= 15 is 0 Å². The lowest BCUT2D eigenvalue weighted by atomic mass is 10.1. The SMILES string of the molecule is Fc1ccc(C(Cl)Cc2ccsc2)c(F)c1F. The van der Waals surface area contributed by atoms with Gasteiger partial charge in [0.1, 0.15) is 0 Å². The van der Waals surface area contributed by atoms with Crippen LogP contribution in [0.5, 0.6) is 0 Å². The average Bonchev–Trinajstić information content (AvgIpc) is 2.78. The second-order valence-electron chi connectivity index (χ2n) is 3.57. The topological polar surface area (TPSA) is 0 Å². The van der Waals surface area contributed by atoms with Crippen LogP contribution in [-0.2, 0) is 6.42 Å². The van der Waals surface area contributed by atoms with Gasteiger partial charge in [0.15, 0.2) is 17.5 Å². The molecule has 5 heteroatoms. The van der Waals surface area contributed by atoms with Crippen LogP contribution >= 0.6 is 22.9 Å². The highest BCUT2D eigenvalue weighted by atomic mass is 35.5. The molecule has 0 aliphatic heterocycles. The van der Waals surface area contributed by atoms with Gasteiger partial charge >= 0.3 is 0 Å². The van der Waals surface area contributed by atoms with E-state index in [1.165, 1.54) is 17.4 Å². The molecule has 0 amide bonds. The van der Waals surface area contributed by atoms with Gasteiger partial charge in [-0.25, -0.2) is 13.2 Å². The van der Waals surface area contributed by atoms with Gasteiger partial charge in [0.05, 0.1) is 5.38 Å². The predicted molar refractivity (Wildman–Crippen MR) is 62.9 cm³/mol. The van der Waals surface area contributed by atoms with Gasteiger partial charge in [-0.15, -0.1) is 11.6 Å². The number of halogens is 4. The molecule has 0 fully saturated rings. The van der Waals surface area contributed by atoms with E-state index in [9.17, 15) is 13.2 Å². The smallest absolute Gasteiger partial charge is 0.194 e. The maximum Gasteiger partial charge on any atom is 0.194 e. The Hall–Kier alpha value is -1.00. The van der Waals surface area contributed by atoms with Gasteiger partial charge in [0, 0.05) is 5.56 Å². The van der Waals surface area contributed by atoms with Crippen molar-refractivity contribution in [1.29, 1.82) is 0 Å². The molecule has 17 heavy (non-hydrogen) atoms. The first-order valence-corrected chi connectivity index (χ1v) is 6.26. The molecule has 0 aliphatic carbocycles. The Morgan fingerprint density at radius 1 is 1.12 bits per heavy atom. The highest BCUT2D eigenvalue weighted by molar-refractivity contribution is 7.07. The summed E-state index contributed by atoms with van der Waals surface area (Å²) in [6.07, 6.45) is 0.382. The van der Waals surface area contributed by atoms with Crippen molar-refractivity contribution >= 4 is 22.9 Å². The summed E-state index contributed by atoms with van der Waals surface area (Å²) >= 11 is 7.50. The van der Waals surface area contributed by atoms with E-state index in [4.69, 9.17) is 11.6 Å². The molecule has 0 N–H and O–H groups in total. The molecular weight excluding hydrogens is 269 g/mol. The zero-order valence-corrected chi connectivity index (χ0v) is 10.2. The molecule has 0 saturated heterocycles. The molecule has 2 rings (SSSR count). The summed E-state index contributed by atoms with van der Waals surface area (Å²) < 4.78 is 39.2. The number of hydrogen-bond acceptors (Lipinski definition) is 1. The number of benzene rings is 1. The van der Waals surface area contributed by atoms with E-state index < -0.39 is 22.8 Å². The maximum atomic E-state index is 13.4. The first-order chi connectivity index (χ1) is 8.09. The van der Waals surface area contributed by atoms with Crippen LogP contribution in [-0.4, -0.2) is 0 Å². The zero-order chi connectivity index (χ0) is 12.4. The minimum atomic E-state index is -1.47. The quantitative estimate of drug-likeness (QED) is 0.564. The number of alkyl halides is 1. The molecule has 0 bridgehead atoms. The molecule has 1 atom stereocenters. The van der Waals surface area contributed by atoms with E-state index in [1.807, 2.05) is 16.8 Å². The Bertz CT molecular complexity index is 511. The Morgan fingerprint density at radius 3 is 2.53 bits per heavy atom. The fraction of sp³-hybridized carbons (Fsp3) is 0.167. The molecule has 1 aromatic heterocycles. The van der Waals surface area contributed by atoms with Crippen molar-refractivity contribution in [3.63, 3.8) is 0 Å². The lowest BCUT2D eigenvalue weighted by Gasteiger charge is -2.10. The minimum absolute atomic E-state index is 0.0169. The van der Waals surface area contributed by atoms with Crippen LogP contribution in [0, 0.1) is 17.5 Å². The standard InChI is InChI=1S/C12H8ClF3S/c13-9(5-7-3-4-17-6-7)8-1-2-10(14)12(16)11(8)15/h1-4,6,9H,5H2. The molecule has 0 saturated carbocycles. The van der Waals surface area contributed by atoms with E-state index in [2.05, 4.69) is 0 Å². The van der Waals surface area contributed by atoms with Crippen LogP contribution in [0.25, 0.3) is 0 Å². The van der Waals surface area contributed by atoms with Crippen molar-refractivity contribution in [2.24, 2.45) is 0 Å². The highest BCUT2D eigenvalue weighted by Gasteiger charge is 2.19. The van der Waals surface area contributed by atoms with Crippen molar-refractivity contribution in [3.05, 3.63) is 57.5 Å². The zero-order valence-electron chi connectivity index (χ0n) is 8.59. The molecule has 0 nitrogen and oxygen atoms in total. The van der Waals surface area contributed by atoms with Gasteiger partial charge in [-0.1, -0.05) is 6.07 Å². The van der Waals surface area contributed by atoms with Crippen LogP contribution in [0.15, 0.2) is 29.0 Å². The van der Waals surface area contributed by atoms with Gasteiger partial charge in [-0.3, -0.25) is 0 Å². The van der Waals surface area contributed by atoms with E-state index in [1.54, 1.807) is 0 Å². The fourth-order valence-electron chi connectivity index (χ4n) is 1.51. The van der Waals surface area contributed by atoms with Crippen LogP contribution in [0.2, 0.25) is 0 Å². The second kappa shape index (κ2) is 5.10. The number of thiophene rings is 1. The third-order valence-electron chi connectivity index (χ3n) is 2.40. The molecule has 0 aliphatic rings. The maximum absolute atomic E-state index is 13.4. The molecule has 1 unspecified atom stereocenters. The summed E-state index contributed by atoms with van der Waals surface area (Å²) in [7, 11) is 0. The van der Waals surface area contributed by atoms with Crippen molar-refractivity contribution in [3.8, 4) is 0 Å². The average molecular weight is 277 g/mol. The Morgan fingerprint density at radius 2 is 1.88 bits per heavy atom.